The third-order valence-electron chi connectivity index (χ3n) is 1.51. The molecular formula is C11H15NO2. The molecule has 0 aromatic carbocycles. The van der Waals surface area contributed by atoms with Gasteiger partial charge >= 0.3 is 5.97 Å². The summed E-state index contributed by atoms with van der Waals surface area (Å²) in [6.07, 6.45) is 7.66. The van der Waals surface area contributed by atoms with Crippen molar-refractivity contribution in [2.24, 2.45) is 4.99 Å². The molecule has 3 heteroatoms. The summed E-state index contributed by atoms with van der Waals surface area (Å²) in [4.78, 5) is 15.6. The van der Waals surface area contributed by atoms with E-state index >= 15 is 0 Å². The maximum absolute atomic E-state index is 11.5. The Balaban J connectivity index is 2.66. The predicted octanol–water partition coefficient (Wildman–Crippen LogP) is 2.24. The molecule has 0 spiro atoms. The summed E-state index contributed by atoms with van der Waals surface area (Å²) in [6.45, 7) is 5.52. The largest absolute Gasteiger partial charge is 0.455 e. The molecule has 0 aromatic rings. The summed E-state index contributed by atoms with van der Waals surface area (Å²) in [6, 6.07) is 0. The van der Waals surface area contributed by atoms with E-state index in [4.69, 9.17) is 4.74 Å². The van der Waals surface area contributed by atoms with Crippen LogP contribution in [-0.2, 0) is 9.53 Å². The normalized spacial score (nSPS) is 16.1. The highest BCUT2D eigenvalue weighted by Gasteiger charge is 2.20. The van der Waals surface area contributed by atoms with Crippen LogP contribution in [0, 0.1) is 0 Å². The maximum atomic E-state index is 11.5. The highest BCUT2D eigenvalue weighted by atomic mass is 16.6. The van der Waals surface area contributed by atoms with Gasteiger partial charge in [-0.15, -0.1) is 0 Å². The van der Waals surface area contributed by atoms with Crippen molar-refractivity contribution < 1.29 is 9.53 Å². The lowest BCUT2D eigenvalue weighted by Gasteiger charge is -2.19. The van der Waals surface area contributed by atoms with Crippen LogP contribution in [0.1, 0.15) is 27.2 Å². The summed E-state index contributed by atoms with van der Waals surface area (Å²) < 4.78 is 5.20. The van der Waals surface area contributed by atoms with Crippen LogP contribution >= 0.6 is 0 Å². The molecule has 0 aromatic heterocycles. The quantitative estimate of drug-likeness (QED) is 0.599. The number of aliphatic imine (C=N–C) groups is 1. The van der Waals surface area contributed by atoms with E-state index in [9.17, 15) is 4.79 Å². The van der Waals surface area contributed by atoms with Crippen molar-refractivity contribution in [3.05, 3.63) is 24.4 Å². The van der Waals surface area contributed by atoms with Crippen molar-refractivity contribution in [1.29, 1.82) is 0 Å². The minimum absolute atomic E-state index is 0.339. The van der Waals surface area contributed by atoms with Gasteiger partial charge in [0.1, 0.15) is 11.3 Å². The van der Waals surface area contributed by atoms with Gasteiger partial charge in [0.05, 0.1) is 0 Å². The Morgan fingerprint density at radius 2 is 2.14 bits per heavy atom. The lowest BCUT2D eigenvalue weighted by molar-refractivity contribution is -0.146. The van der Waals surface area contributed by atoms with E-state index in [1.807, 2.05) is 32.9 Å². The summed E-state index contributed by atoms with van der Waals surface area (Å²) in [5.74, 6) is -0.339. The predicted molar refractivity (Wildman–Crippen MR) is 56.2 cm³/mol. The van der Waals surface area contributed by atoms with Crippen LogP contribution in [0.15, 0.2) is 29.4 Å². The summed E-state index contributed by atoms with van der Waals surface area (Å²) in [5.41, 5.74) is -0.00999. The number of hydrogen-bond acceptors (Lipinski definition) is 3. The molecule has 0 atom stereocenters. The van der Waals surface area contributed by atoms with Crippen LogP contribution in [0.3, 0.4) is 0 Å². The molecule has 1 aliphatic heterocycles. The van der Waals surface area contributed by atoms with Gasteiger partial charge in [-0.1, -0.05) is 12.2 Å². The Labute approximate surface area is 84.2 Å². The fourth-order valence-corrected chi connectivity index (χ4v) is 0.967. The van der Waals surface area contributed by atoms with E-state index in [0.29, 0.717) is 12.1 Å². The van der Waals surface area contributed by atoms with Gasteiger partial charge in [0.2, 0.25) is 0 Å². The van der Waals surface area contributed by atoms with Gasteiger partial charge in [-0.3, -0.25) is 4.99 Å². The van der Waals surface area contributed by atoms with Gasteiger partial charge in [-0.2, -0.15) is 0 Å². The van der Waals surface area contributed by atoms with E-state index in [-0.39, 0.29) is 5.97 Å². The number of esters is 1. The third kappa shape index (κ3) is 3.56. The maximum Gasteiger partial charge on any atom is 0.353 e. The molecule has 1 heterocycles. The Kier molecular flexibility index (Phi) is 3.23. The minimum atomic E-state index is -0.459. The number of carbonyl (C=O) groups is 1. The lowest BCUT2D eigenvalue weighted by atomic mass is 10.2. The highest BCUT2D eigenvalue weighted by molar-refractivity contribution is 6.37. The Bertz CT molecular complexity index is 306. The number of hydrogen-bond donors (Lipinski definition) is 0. The summed E-state index contributed by atoms with van der Waals surface area (Å²) >= 11 is 0. The summed E-state index contributed by atoms with van der Waals surface area (Å²) in [7, 11) is 0. The second-order valence-electron chi connectivity index (χ2n) is 4.05. The highest BCUT2D eigenvalue weighted by Crippen LogP contribution is 2.09. The van der Waals surface area contributed by atoms with Crippen molar-refractivity contribution in [2.75, 3.05) is 0 Å². The number of allylic oxidation sites excluding steroid dienone is 3. The first-order chi connectivity index (χ1) is 6.49. The molecule has 0 radical (unpaired) electrons. The van der Waals surface area contributed by atoms with Gasteiger partial charge in [0.15, 0.2) is 0 Å². The van der Waals surface area contributed by atoms with Gasteiger partial charge in [0.25, 0.3) is 0 Å². The average Bonchev–Trinajstić information content (AvgIpc) is 2.27. The fourth-order valence-electron chi connectivity index (χ4n) is 0.967. The molecule has 0 saturated carbocycles. The van der Waals surface area contributed by atoms with Crippen molar-refractivity contribution >= 4 is 11.7 Å². The molecule has 1 rings (SSSR count). The SMILES string of the molecule is CC(C)(C)OC(=O)C1=NC=CC=CC1. The Morgan fingerprint density at radius 1 is 1.43 bits per heavy atom. The van der Waals surface area contributed by atoms with Crippen LogP contribution in [0.5, 0.6) is 0 Å². The second kappa shape index (κ2) is 4.22. The van der Waals surface area contributed by atoms with E-state index in [0.717, 1.165) is 0 Å². The third-order valence-corrected chi connectivity index (χ3v) is 1.51. The van der Waals surface area contributed by atoms with Gasteiger partial charge < -0.3 is 4.74 Å². The minimum Gasteiger partial charge on any atom is -0.455 e. The first-order valence-electron chi connectivity index (χ1n) is 4.61. The zero-order valence-corrected chi connectivity index (χ0v) is 8.78. The van der Waals surface area contributed by atoms with E-state index < -0.39 is 5.60 Å². The van der Waals surface area contributed by atoms with Crippen LogP contribution in [0.4, 0.5) is 0 Å². The molecule has 0 bridgehead atoms. The Morgan fingerprint density at radius 3 is 2.79 bits per heavy atom. The first-order valence-corrected chi connectivity index (χ1v) is 4.61. The van der Waals surface area contributed by atoms with E-state index in [1.165, 1.54) is 0 Å². The molecule has 0 unspecified atom stereocenters. The van der Waals surface area contributed by atoms with Crippen molar-refractivity contribution in [3.63, 3.8) is 0 Å². The zero-order valence-electron chi connectivity index (χ0n) is 8.78. The summed E-state index contributed by atoms with van der Waals surface area (Å²) in [5, 5.41) is 0. The number of rotatable bonds is 1. The lowest BCUT2D eigenvalue weighted by Crippen LogP contribution is -2.28. The van der Waals surface area contributed by atoms with Crippen molar-refractivity contribution in [1.82, 2.24) is 0 Å². The second-order valence-corrected chi connectivity index (χ2v) is 4.05. The van der Waals surface area contributed by atoms with E-state index in [1.54, 1.807) is 12.3 Å². The number of nitrogens with zero attached hydrogens (tertiary/aromatic N) is 1. The average molecular weight is 193 g/mol. The molecule has 0 aliphatic carbocycles. The van der Waals surface area contributed by atoms with Crippen molar-refractivity contribution in [3.8, 4) is 0 Å². The van der Waals surface area contributed by atoms with Crippen LogP contribution < -0.4 is 0 Å². The monoisotopic (exact) mass is 193 g/mol. The molecular weight excluding hydrogens is 178 g/mol. The number of ether oxygens (including phenoxy) is 1. The van der Waals surface area contributed by atoms with Crippen molar-refractivity contribution in [2.45, 2.75) is 32.8 Å². The standard InChI is InChI=1S/C11H15NO2/c1-11(2,3)14-10(13)9-7-5-4-6-8-12-9/h4-6,8H,7H2,1-3H3. The Hall–Kier alpha value is -1.38. The van der Waals surface area contributed by atoms with Gasteiger partial charge in [-0.25, -0.2) is 4.79 Å². The van der Waals surface area contributed by atoms with Crippen LogP contribution in [0.2, 0.25) is 0 Å². The zero-order chi connectivity index (χ0) is 10.6. The molecule has 14 heavy (non-hydrogen) atoms. The molecule has 76 valence electrons. The van der Waals surface area contributed by atoms with Crippen LogP contribution in [0.25, 0.3) is 0 Å². The molecule has 0 saturated heterocycles. The first kappa shape index (κ1) is 10.7. The van der Waals surface area contributed by atoms with Crippen LogP contribution in [-0.4, -0.2) is 17.3 Å². The molecule has 3 nitrogen and oxygen atoms in total. The molecule has 1 aliphatic rings. The molecule has 0 amide bonds. The fraction of sp³-hybridized carbons (Fsp3) is 0.455. The topological polar surface area (TPSA) is 38.7 Å². The van der Waals surface area contributed by atoms with Gasteiger partial charge in [-0.05, 0) is 26.8 Å². The smallest absolute Gasteiger partial charge is 0.353 e. The molecule has 0 N–H and O–H groups in total. The number of carbonyl (C=O) groups excluding carboxylic acids is 1. The van der Waals surface area contributed by atoms with E-state index in [2.05, 4.69) is 4.99 Å². The van der Waals surface area contributed by atoms with Gasteiger partial charge in [0, 0.05) is 12.6 Å². The molecule has 0 fully saturated rings.